The largest absolute Gasteiger partial charge is 0.481 e. The van der Waals surface area contributed by atoms with Gasteiger partial charge in [0.2, 0.25) is 0 Å². The number of benzene rings is 2. The molecule has 0 saturated heterocycles. The van der Waals surface area contributed by atoms with Gasteiger partial charge in [0.05, 0.1) is 0 Å². The average molecular weight is 404 g/mol. The van der Waals surface area contributed by atoms with Crippen molar-refractivity contribution < 1.29 is 9.53 Å². The lowest BCUT2D eigenvalue weighted by atomic mass is 9.91. The number of rotatable bonds is 8. The number of carbonyl (C=O) groups excluding carboxylic acids is 1. The molecule has 144 valence electrons. The normalized spacial score (nSPS) is 14.3. The molecule has 2 aromatic rings. The SMILES string of the molecule is CC(Oc1cccc2c1CCCC2)C(=O)NCCSCc1cccc(Cl)c1. The minimum atomic E-state index is -0.489. The Bertz CT molecular complexity index is 781. The van der Waals surface area contributed by atoms with Gasteiger partial charge in [-0.15, -0.1) is 0 Å². The van der Waals surface area contributed by atoms with Gasteiger partial charge in [-0.05, 0) is 67.5 Å². The zero-order valence-electron chi connectivity index (χ0n) is 15.7. The monoisotopic (exact) mass is 403 g/mol. The molecule has 1 aliphatic carbocycles. The molecule has 0 heterocycles. The number of amides is 1. The number of thioether (sulfide) groups is 1. The fourth-order valence-corrected chi connectivity index (χ4v) is 4.33. The first-order valence-electron chi connectivity index (χ1n) is 9.51. The van der Waals surface area contributed by atoms with E-state index in [4.69, 9.17) is 16.3 Å². The fraction of sp³-hybridized carbons (Fsp3) is 0.409. The van der Waals surface area contributed by atoms with Gasteiger partial charge < -0.3 is 10.1 Å². The minimum Gasteiger partial charge on any atom is -0.481 e. The Morgan fingerprint density at radius 1 is 1.22 bits per heavy atom. The molecule has 0 bridgehead atoms. The molecule has 0 spiro atoms. The molecular weight excluding hydrogens is 378 g/mol. The molecule has 3 rings (SSSR count). The third-order valence-electron chi connectivity index (χ3n) is 4.73. The highest BCUT2D eigenvalue weighted by atomic mass is 35.5. The van der Waals surface area contributed by atoms with Gasteiger partial charge in [-0.2, -0.15) is 11.8 Å². The highest BCUT2D eigenvalue weighted by Crippen LogP contribution is 2.30. The lowest BCUT2D eigenvalue weighted by molar-refractivity contribution is -0.127. The third-order valence-corrected chi connectivity index (χ3v) is 5.99. The molecule has 1 unspecified atom stereocenters. The molecule has 3 nitrogen and oxygen atoms in total. The first-order valence-corrected chi connectivity index (χ1v) is 11.0. The summed E-state index contributed by atoms with van der Waals surface area (Å²) in [5.41, 5.74) is 3.84. The van der Waals surface area contributed by atoms with Crippen LogP contribution in [-0.2, 0) is 23.4 Å². The van der Waals surface area contributed by atoms with E-state index in [1.165, 1.54) is 29.5 Å². The van der Waals surface area contributed by atoms with Crippen LogP contribution >= 0.6 is 23.4 Å². The highest BCUT2D eigenvalue weighted by Gasteiger charge is 2.19. The first-order chi connectivity index (χ1) is 13.1. The van der Waals surface area contributed by atoms with Crippen LogP contribution in [-0.4, -0.2) is 24.3 Å². The van der Waals surface area contributed by atoms with Crippen molar-refractivity contribution in [3.8, 4) is 5.75 Å². The van der Waals surface area contributed by atoms with E-state index in [0.29, 0.717) is 6.54 Å². The van der Waals surface area contributed by atoms with E-state index in [0.717, 1.165) is 35.1 Å². The van der Waals surface area contributed by atoms with Gasteiger partial charge in [0.15, 0.2) is 6.10 Å². The van der Waals surface area contributed by atoms with Crippen molar-refractivity contribution in [3.05, 3.63) is 64.2 Å². The van der Waals surface area contributed by atoms with Crippen LogP contribution in [0.15, 0.2) is 42.5 Å². The highest BCUT2D eigenvalue weighted by molar-refractivity contribution is 7.98. The summed E-state index contributed by atoms with van der Waals surface area (Å²) >= 11 is 7.77. The minimum absolute atomic E-state index is 0.0632. The van der Waals surface area contributed by atoms with Gasteiger partial charge in [-0.25, -0.2) is 0 Å². The van der Waals surface area contributed by atoms with E-state index < -0.39 is 6.10 Å². The Morgan fingerprint density at radius 2 is 2.04 bits per heavy atom. The second-order valence-electron chi connectivity index (χ2n) is 6.83. The standard InChI is InChI=1S/C22H26ClNO2S/c1-16(26-21-11-5-8-18-7-2-3-10-20(18)21)22(25)24-12-13-27-15-17-6-4-9-19(23)14-17/h4-6,8-9,11,14,16H,2-3,7,10,12-13,15H2,1H3,(H,24,25). The van der Waals surface area contributed by atoms with Crippen LogP contribution in [0.5, 0.6) is 5.75 Å². The van der Waals surface area contributed by atoms with E-state index >= 15 is 0 Å². The summed E-state index contributed by atoms with van der Waals surface area (Å²) in [4.78, 5) is 12.3. The van der Waals surface area contributed by atoms with Crippen LogP contribution in [0.2, 0.25) is 5.02 Å². The third kappa shape index (κ3) is 5.91. The van der Waals surface area contributed by atoms with Crippen LogP contribution < -0.4 is 10.1 Å². The Balaban J connectivity index is 1.41. The number of hydrogen-bond acceptors (Lipinski definition) is 3. The lowest BCUT2D eigenvalue weighted by Gasteiger charge is -2.22. The summed E-state index contributed by atoms with van der Waals surface area (Å²) in [6.45, 7) is 2.45. The molecule has 5 heteroatoms. The van der Waals surface area contributed by atoms with Gasteiger partial charge in [0.25, 0.3) is 5.91 Å². The van der Waals surface area contributed by atoms with Gasteiger partial charge in [0, 0.05) is 23.1 Å². The van der Waals surface area contributed by atoms with Crippen molar-refractivity contribution in [2.45, 2.75) is 44.5 Å². The van der Waals surface area contributed by atoms with Gasteiger partial charge >= 0.3 is 0 Å². The molecule has 1 atom stereocenters. The summed E-state index contributed by atoms with van der Waals surface area (Å²) < 4.78 is 5.98. The first kappa shape index (κ1) is 20.1. The van der Waals surface area contributed by atoms with E-state index in [1.807, 2.05) is 37.3 Å². The van der Waals surface area contributed by atoms with Crippen molar-refractivity contribution in [1.82, 2.24) is 5.32 Å². The maximum absolute atomic E-state index is 12.3. The van der Waals surface area contributed by atoms with E-state index in [-0.39, 0.29) is 5.91 Å². The second-order valence-corrected chi connectivity index (χ2v) is 8.38. The Hall–Kier alpha value is -1.65. The zero-order chi connectivity index (χ0) is 19.1. The topological polar surface area (TPSA) is 38.3 Å². The van der Waals surface area contributed by atoms with Crippen molar-refractivity contribution in [2.24, 2.45) is 0 Å². The summed E-state index contributed by atoms with van der Waals surface area (Å²) in [6.07, 6.45) is 4.09. The fourth-order valence-electron chi connectivity index (χ4n) is 3.31. The summed E-state index contributed by atoms with van der Waals surface area (Å²) in [5, 5.41) is 3.73. The van der Waals surface area contributed by atoms with Crippen LogP contribution in [0.3, 0.4) is 0 Å². The number of ether oxygens (including phenoxy) is 1. The Morgan fingerprint density at radius 3 is 2.89 bits per heavy atom. The maximum Gasteiger partial charge on any atom is 0.260 e. The number of halogens is 1. The van der Waals surface area contributed by atoms with Crippen LogP contribution in [0.1, 0.15) is 36.5 Å². The smallest absolute Gasteiger partial charge is 0.260 e. The van der Waals surface area contributed by atoms with Crippen molar-refractivity contribution in [1.29, 1.82) is 0 Å². The summed E-state index contributed by atoms with van der Waals surface area (Å²) in [7, 11) is 0. The lowest BCUT2D eigenvalue weighted by Crippen LogP contribution is -2.37. The quantitative estimate of drug-likeness (QED) is 0.628. The number of nitrogens with one attached hydrogen (secondary N) is 1. The number of carbonyl (C=O) groups is 1. The van der Waals surface area contributed by atoms with E-state index in [9.17, 15) is 4.79 Å². The average Bonchev–Trinajstić information content (AvgIpc) is 2.68. The van der Waals surface area contributed by atoms with Gasteiger partial charge in [-0.1, -0.05) is 35.9 Å². The zero-order valence-corrected chi connectivity index (χ0v) is 17.2. The predicted octanol–water partition coefficient (Wildman–Crippen LogP) is 5.04. The predicted molar refractivity (Wildman–Crippen MR) is 114 cm³/mol. The van der Waals surface area contributed by atoms with Crippen molar-refractivity contribution in [3.63, 3.8) is 0 Å². The summed E-state index contributed by atoms with van der Waals surface area (Å²) in [5.74, 6) is 2.54. The molecule has 0 fully saturated rings. The maximum atomic E-state index is 12.3. The Labute approximate surface area is 170 Å². The van der Waals surface area contributed by atoms with Crippen molar-refractivity contribution in [2.75, 3.05) is 12.3 Å². The number of fused-ring (bicyclic) bond motifs is 1. The van der Waals surface area contributed by atoms with Crippen LogP contribution in [0.25, 0.3) is 0 Å². The number of hydrogen-bond donors (Lipinski definition) is 1. The summed E-state index contributed by atoms with van der Waals surface area (Å²) in [6, 6.07) is 14.1. The molecule has 1 amide bonds. The van der Waals surface area contributed by atoms with Crippen molar-refractivity contribution >= 4 is 29.3 Å². The van der Waals surface area contributed by atoms with Gasteiger partial charge in [0.1, 0.15) is 5.75 Å². The van der Waals surface area contributed by atoms with Gasteiger partial charge in [-0.3, -0.25) is 4.79 Å². The molecule has 0 aliphatic heterocycles. The molecule has 27 heavy (non-hydrogen) atoms. The van der Waals surface area contributed by atoms with E-state index in [2.05, 4.69) is 17.4 Å². The second kappa shape index (κ2) is 10.0. The van der Waals surface area contributed by atoms with Crippen LogP contribution in [0.4, 0.5) is 0 Å². The molecule has 2 aromatic carbocycles. The molecular formula is C22H26ClNO2S. The molecule has 0 aromatic heterocycles. The number of aryl methyl sites for hydroxylation is 1. The molecule has 1 N–H and O–H groups in total. The van der Waals surface area contributed by atoms with Crippen LogP contribution in [0, 0.1) is 0 Å². The molecule has 0 saturated carbocycles. The Kier molecular flexibility index (Phi) is 7.48. The molecule has 1 aliphatic rings. The molecule has 0 radical (unpaired) electrons. The van der Waals surface area contributed by atoms with E-state index in [1.54, 1.807) is 11.8 Å².